The van der Waals surface area contributed by atoms with E-state index in [9.17, 15) is 13.2 Å². The van der Waals surface area contributed by atoms with E-state index < -0.39 is 11.8 Å². The Morgan fingerprint density at radius 1 is 1.13 bits per heavy atom. The predicted molar refractivity (Wildman–Crippen MR) is 104 cm³/mol. The number of hydrogen-bond acceptors (Lipinski definition) is 5. The van der Waals surface area contributed by atoms with Gasteiger partial charge in [0, 0.05) is 47.6 Å². The molecule has 0 unspecified atom stereocenters. The molecule has 9 heteroatoms. The zero-order valence-electron chi connectivity index (χ0n) is 15.9. The van der Waals surface area contributed by atoms with Crippen LogP contribution < -0.4 is 10.1 Å². The number of aromatic nitrogens is 4. The van der Waals surface area contributed by atoms with E-state index >= 15 is 0 Å². The lowest BCUT2D eigenvalue weighted by molar-refractivity contribution is 0.356. The van der Waals surface area contributed by atoms with Crippen LogP contribution in [0.1, 0.15) is 16.8 Å². The molecule has 0 saturated heterocycles. The topological polar surface area (TPSA) is 64.3 Å². The van der Waals surface area contributed by atoms with Crippen molar-refractivity contribution in [2.24, 2.45) is 0 Å². The Bertz CT molecular complexity index is 1290. The Labute approximate surface area is 169 Å². The molecule has 0 fully saturated rings. The second-order valence-corrected chi connectivity index (χ2v) is 7.02. The molecule has 30 heavy (non-hydrogen) atoms. The summed E-state index contributed by atoms with van der Waals surface area (Å²) in [6.07, 6.45) is 4.57. The zero-order valence-corrected chi connectivity index (χ0v) is 15.9. The summed E-state index contributed by atoms with van der Waals surface area (Å²) < 4.78 is 49.4. The molecule has 0 bridgehead atoms. The van der Waals surface area contributed by atoms with Crippen LogP contribution >= 0.6 is 0 Å². The van der Waals surface area contributed by atoms with Gasteiger partial charge in [-0.25, -0.2) is 23.7 Å². The molecule has 3 aromatic heterocycles. The van der Waals surface area contributed by atoms with Crippen LogP contribution in [0.15, 0.2) is 36.8 Å². The first kappa shape index (κ1) is 18.4. The van der Waals surface area contributed by atoms with Gasteiger partial charge in [-0.1, -0.05) is 0 Å². The van der Waals surface area contributed by atoms with E-state index in [4.69, 9.17) is 4.74 Å². The highest BCUT2D eigenvalue weighted by atomic mass is 19.1. The van der Waals surface area contributed by atoms with Crippen LogP contribution in [-0.4, -0.2) is 26.0 Å². The van der Waals surface area contributed by atoms with E-state index in [0.717, 1.165) is 17.8 Å². The van der Waals surface area contributed by atoms with Crippen molar-refractivity contribution in [2.45, 2.75) is 19.9 Å². The Balaban J connectivity index is 1.55. The van der Waals surface area contributed by atoms with E-state index in [1.165, 1.54) is 12.3 Å². The van der Waals surface area contributed by atoms with Crippen molar-refractivity contribution in [1.29, 1.82) is 0 Å². The second kappa shape index (κ2) is 7.01. The standard InChI is InChI=1S/C21H16F3N5O/c1-11-10-29-20(28-11)16(14-6-12(22)7-25-19(14)24)9-27-21(29)26-8-15-13-4-5-30-18(13)3-2-17(15)23/h2-3,6-7,9-10H,4-5,8H2,1H3,(H,26,27). The molecule has 6 nitrogen and oxygen atoms in total. The fourth-order valence-corrected chi connectivity index (χ4v) is 3.70. The second-order valence-electron chi connectivity index (χ2n) is 7.02. The maximum atomic E-state index is 14.4. The van der Waals surface area contributed by atoms with Gasteiger partial charge in [0.2, 0.25) is 11.9 Å². The number of benzene rings is 1. The quantitative estimate of drug-likeness (QED) is 0.513. The number of halogens is 3. The molecule has 0 aliphatic carbocycles. The molecule has 0 radical (unpaired) electrons. The van der Waals surface area contributed by atoms with E-state index in [0.29, 0.717) is 47.2 Å². The largest absolute Gasteiger partial charge is 0.493 e. The molecule has 4 aromatic rings. The van der Waals surface area contributed by atoms with E-state index in [-0.39, 0.29) is 17.9 Å². The summed E-state index contributed by atoms with van der Waals surface area (Å²) in [5.41, 5.74) is 2.68. The number of ether oxygens (including phenoxy) is 1. The Morgan fingerprint density at radius 3 is 2.87 bits per heavy atom. The number of fused-ring (bicyclic) bond motifs is 2. The Kier molecular flexibility index (Phi) is 4.30. The molecule has 1 aromatic carbocycles. The highest BCUT2D eigenvalue weighted by Crippen LogP contribution is 2.31. The fraction of sp³-hybridized carbons (Fsp3) is 0.190. The zero-order chi connectivity index (χ0) is 20.8. The van der Waals surface area contributed by atoms with E-state index in [1.807, 2.05) is 0 Å². The molecular formula is C21H16F3N5O. The maximum absolute atomic E-state index is 14.4. The lowest BCUT2D eigenvalue weighted by Crippen LogP contribution is -2.10. The van der Waals surface area contributed by atoms with Gasteiger partial charge in [-0.3, -0.25) is 4.40 Å². The van der Waals surface area contributed by atoms with Crippen molar-refractivity contribution in [3.63, 3.8) is 0 Å². The van der Waals surface area contributed by atoms with Gasteiger partial charge in [0.15, 0.2) is 0 Å². The van der Waals surface area contributed by atoms with Gasteiger partial charge in [0.25, 0.3) is 0 Å². The van der Waals surface area contributed by atoms with E-state index in [2.05, 4.69) is 20.3 Å². The van der Waals surface area contributed by atoms with Crippen LogP contribution in [-0.2, 0) is 13.0 Å². The number of imidazole rings is 1. The summed E-state index contributed by atoms with van der Waals surface area (Å²) in [6, 6.07) is 4.07. The Morgan fingerprint density at radius 2 is 2.00 bits per heavy atom. The van der Waals surface area contributed by atoms with E-state index in [1.54, 1.807) is 23.6 Å². The monoisotopic (exact) mass is 411 g/mol. The van der Waals surface area contributed by atoms with Gasteiger partial charge in [0.1, 0.15) is 23.0 Å². The molecule has 4 heterocycles. The third-order valence-corrected chi connectivity index (χ3v) is 5.07. The van der Waals surface area contributed by atoms with Crippen LogP contribution in [0.5, 0.6) is 5.75 Å². The minimum Gasteiger partial charge on any atom is -0.493 e. The van der Waals surface area contributed by atoms with Gasteiger partial charge in [0.05, 0.1) is 18.5 Å². The van der Waals surface area contributed by atoms with Gasteiger partial charge < -0.3 is 10.1 Å². The van der Waals surface area contributed by atoms with Crippen LogP contribution in [0.4, 0.5) is 19.1 Å². The number of nitrogens with one attached hydrogen (secondary N) is 1. The summed E-state index contributed by atoms with van der Waals surface area (Å²) in [7, 11) is 0. The predicted octanol–water partition coefficient (Wildman–Crippen LogP) is 4.06. The van der Waals surface area contributed by atoms with Crippen molar-refractivity contribution < 1.29 is 17.9 Å². The van der Waals surface area contributed by atoms with Crippen molar-refractivity contribution in [3.8, 4) is 16.9 Å². The average molecular weight is 411 g/mol. The summed E-state index contributed by atoms with van der Waals surface area (Å²) >= 11 is 0. The molecular weight excluding hydrogens is 395 g/mol. The first-order chi connectivity index (χ1) is 14.5. The van der Waals surface area contributed by atoms with Crippen LogP contribution in [0.2, 0.25) is 0 Å². The number of nitrogens with zero attached hydrogens (tertiary/aromatic N) is 4. The smallest absolute Gasteiger partial charge is 0.221 e. The number of hydrogen-bond donors (Lipinski definition) is 1. The van der Waals surface area contributed by atoms with Crippen molar-refractivity contribution in [1.82, 2.24) is 19.4 Å². The number of rotatable bonds is 4. The van der Waals surface area contributed by atoms with Gasteiger partial charge in [-0.2, -0.15) is 4.39 Å². The summed E-state index contributed by atoms with van der Waals surface area (Å²) in [4.78, 5) is 12.2. The molecule has 1 aliphatic heterocycles. The highest BCUT2D eigenvalue weighted by molar-refractivity contribution is 5.78. The molecule has 0 amide bonds. The van der Waals surface area contributed by atoms with Crippen molar-refractivity contribution in [2.75, 3.05) is 11.9 Å². The lowest BCUT2D eigenvalue weighted by Gasteiger charge is -2.13. The van der Waals surface area contributed by atoms with Gasteiger partial charge >= 0.3 is 0 Å². The molecule has 1 N–H and O–H groups in total. The number of anilines is 1. The first-order valence-corrected chi connectivity index (χ1v) is 9.34. The third kappa shape index (κ3) is 3.02. The first-order valence-electron chi connectivity index (χ1n) is 9.34. The molecule has 5 rings (SSSR count). The Hall–Kier alpha value is -3.62. The van der Waals surface area contributed by atoms with Gasteiger partial charge in [-0.05, 0) is 25.1 Å². The summed E-state index contributed by atoms with van der Waals surface area (Å²) in [5.74, 6) is -0.715. The van der Waals surface area contributed by atoms with Crippen LogP contribution in [0.3, 0.4) is 0 Å². The minimum atomic E-state index is -0.816. The minimum absolute atomic E-state index is 0.0336. The molecule has 152 valence electrons. The average Bonchev–Trinajstić information content (AvgIpc) is 3.35. The molecule has 0 spiro atoms. The van der Waals surface area contributed by atoms with Gasteiger partial charge in [-0.15, -0.1) is 0 Å². The molecule has 0 atom stereocenters. The van der Waals surface area contributed by atoms with Crippen molar-refractivity contribution in [3.05, 3.63) is 71.2 Å². The third-order valence-electron chi connectivity index (χ3n) is 5.07. The van der Waals surface area contributed by atoms with Crippen LogP contribution in [0, 0.1) is 24.5 Å². The molecule has 1 aliphatic rings. The van der Waals surface area contributed by atoms with Crippen molar-refractivity contribution >= 4 is 11.6 Å². The molecule has 0 saturated carbocycles. The SMILES string of the molecule is Cc1cn2c(NCc3c(F)ccc4c3CCO4)ncc(-c3cc(F)cnc3F)c2n1. The highest BCUT2D eigenvalue weighted by Gasteiger charge is 2.20. The maximum Gasteiger partial charge on any atom is 0.221 e. The number of pyridine rings is 1. The lowest BCUT2D eigenvalue weighted by atomic mass is 10.0. The number of aryl methyl sites for hydroxylation is 1. The van der Waals surface area contributed by atoms with Crippen LogP contribution in [0.25, 0.3) is 16.8 Å². The fourth-order valence-electron chi connectivity index (χ4n) is 3.70. The normalized spacial score (nSPS) is 12.8. The summed E-state index contributed by atoms with van der Waals surface area (Å²) in [5, 5.41) is 3.13. The summed E-state index contributed by atoms with van der Waals surface area (Å²) in [6.45, 7) is 2.49.